The Balaban J connectivity index is 1.73. The molecule has 25 heavy (non-hydrogen) atoms. The Morgan fingerprint density at radius 3 is 2.48 bits per heavy atom. The topological polar surface area (TPSA) is 47.6 Å². The van der Waals surface area contributed by atoms with E-state index in [1.807, 2.05) is 24.3 Å². The molecule has 1 amide bonds. The normalized spacial score (nSPS) is 15.2. The first kappa shape index (κ1) is 17.3. The van der Waals surface area contributed by atoms with Gasteiger partial charge in [-0.25, -0.2) is 4.39 Å². The lowest BCUT2D eigenvalue weighted by molar-refractivity contribution is -0.130. The average Bonchev–Trinajstić information content (AvgIpc) is 2.58. The van der Waals surface area contributed by atoms with Crippen LogP contribution in [0, 0.1) is 5.82 Å². The summed E-state index contributed by atoms with van der Waals surface area (Å²) < 4.78 is 24.1. The van der Waals surface area contributed by atoms with E-state index >= 15 is 0 Å². The van der Waals surface area contributed by atoms with Gasteiger partial charge in [-0.2, -0.15) is 0 Å². The standard InChI is InChI=1S/C20H22FNO3/c1-24-17-8-7-14(11-18(17)25-2)13-22-19(23)20(9-4-10-20)15-5-3-6-16(21)12-15/h3,5-8,11-12H,4,9-10,13H2,1-2H3,(H,22,23). The van der Waals surface area contributed by atoms with Crippen LogP contribution in [0.1, 0.15) is 30.4 Å². The highest BCUT2D eigenvalue weighted by atomic mass is 19.1. The second kappa shape index (κ2) is 7.13. The molecule has 0 bridgehead atoms. The zero-order valence-corrected chi connectivity index (χ0v) is 14.5. The van der Waals surface area contributed by atoms with Gasteiger partial charge in [0.1, 0.15) is 5.82 Å². The van der Waals surface area contributed by atoms with Crippen molar-refractivity contribution in [3.63, 3.8) is 0 Å². The number of rotatable bonds is 6. The van der Waals surface area contributed by atoms with Gasteiger partial charge in [-0.05, 0) is 48.2 Å². The molecule has 5 heteroatoms. The van der Waals surface area contributed by atoms with Crippen LogP contribution in [-0.2, 0) is 16.8 Å². The SMILES string of the molecule is COc1ccc(CNC(=O)C2(c3cccc(F)c3)CCC2)cc1OC. The number of amides is 1. The van der Waals surface area contributed by atoms with E-state index in [-0.39, 0.29) is 11.7 Å². The molecule has 0 heterocycles. The van der Waals surface area contributed by atoms with Crippen molar-refractivity contribution in [2.24, 2.45) is 0 Å². The molecule has 0 spiro atoms. The summed E-state index contributed by atoms with van der Waals surface area (Å²) in [6, 6.07) is 11.9. The number of hydrogen-bond donors (Lipinski definition) is 1. The van der Waals surface area contributed by atoms with Gasteiger partial charge >= 0.3 is 0 Å². The number of ether oxygens (including phenoxy) is 2. The zero-order valence-electron chi connectivity index (χ0n) is 14.5. The van der Waals surface area contributed by atoms with Crippen molar-refractivity contribution >= 4 is 5.91 Å². The minimum absolute atomic E-state index is 0.0564. The minimum atomic E-state index is -0.612. The van der Waals surface area contributed by atoms with E-state index in [4.69, 9.17) is 9.47 Å². The zero-order chi connectivity index (χ0) is 17.9. The van der Waals surface area contributed by atoms with Crippen molar-refractivity contribution in [3.8, 4) is 11.5 Å². The van der Waals surface area contributed by atoms with Gasteiger partial charge in [-0.15, -0.1) is 0 Å². The molecule has 132 valence electrons. The van der Waals surface area contributed by atoms with Crippen LogP contribution in [0.5, 0.6) is 11.5 Å². The summed E-state index contributed by atoms with van der Waals surface area (Å²) >= 11 is 0. The second-order valence-electron chi connectivity index (χ2n) is 6.32. The molecule has 4 nitrogen and oxygen atoms in total. The maximum absolute atomic E-state index is 13.6. The highest BCUT2D eigenvalue weighted by Crippen LogP contribution is 2.44. The van der Waals surface area contributed by atoms with Crippen molar-refractivity contribution in [1.82, 2.24) is 5.32 Å². The summed E-state index contributed by atoms with van der Waals surface area (Å²) in [4.78, 5) is 12.8. The molecule has 3 rings (SSSR count). The van der Waals surface area contributed by atoms with Gasteiger partial charge in [0.05, 0.1) is 19.6 Å². The van der Waals surface area contributed by atoms with E-state index in [1.54, 1.807) is 20.3 Å². The van der Waals surface area contributed by atoms with Crippen LogP contribution >= 0.6 is 0 Å². The van der Waals surface area contributed by atoms with E-state index in [2.05, 4.69) is 5.32 Å². The van der Waals surface area contributed by atoms with Crippen molar-refractivity contribution in [2.45, 2.75) is 31.2 Å². The summed E-state index contributed by atoms with van der Waals surface area (Å²) in [6.45, 7) is 0.385. The van der Waals surface area contributed by atoms with Crippen molar-refractivity contribution in [3.05, 3.63) is 59.4 Å². The second-order valence-corrected chi connectivity index (χ2v) is 6.32. The van der Waals surface area contributed by atoms with Crippen LogP contribution in [0.4, 0.5) is 4.39 Å². The van der Waals surface area contributed by atoms with Gasteiger partial charge in [-0.3, -0.25) is 4.79 Å². The molecular formula is C20H22FNO3. The first-order valence-corrected chi connectivity index (χ1v) is 8.34. The summed E-state index contributed by atoms with van der Waals surface area (Å²) in [5.41, 5.74) is 1.06. The number of hydrogen-bond acceptors (Lipinski definition) is 3. The predicted molar refractivity (Wildman–Crippen MR) is 93.3 cm³/mol. The minimum Gasteiger partial charge on any atom is -0.493 e. The van der Waals surface area contributed by atoms with Crippen LogP contribution in [0.25, 0.3) is 0 Å². The third-order valence-electron chi connectivity index (χ3n) is 4.92. The molecule has 2 aromatic carbocycles. The van der Waals surface area contributed by atoms with Gasteiger partial charge in [0.15, 0.2) is 11.5 Å². The lowest BCUT2D eigenvalue weighted by Gasteiger charge is -2.40. The summed E-state index contributed by atoms with van der Waals surface area (Å²) in [6.07, 6.45) is 2.46. The van der Waals surface area contributed by atoms with Gasteiger partial charge in [0.25, 0.3) is 0 Å². The van der Waals surface area contributed by atoms with E-state index in [1.165, 1.54) is 12.1 Å². The van der Waals surface area contributed by atoms with E-state index in [0.717, 1.165) is 30.4 Å². The predicted octanol–water partition coefficient (Wildman–Crippen LogP) is 3.58. The molecule has 0 atom stereocenters. The molecule has 1 aliphatic rings. The maximum atomic E-state index is 13.6. The lowest BCUT2D eigenvalue weighted by atomic mass is 9.64. The molecule has 0 aliphatic heterocycles. The molecule has 2 aromatic rings. The number of carbonyl (C=O) groups excluding carboxylic acids is 1. The van der Waals surface area contributed by atoms with Gasteiger partial charge in [-0.1, -0.05) is 24.6 Å². The van der Waals surface area contributed by atoms with Crippen LogP contribution in [-0.4, -0.2) is 20.1 Å². The van der Waals surface area contributed by atoms with E-state index < -0.39 is 5.41 Å². The third-order valence-corrected chi connectivity index (χ3v) is 4.92. The molecule has 1 aliphatic carbocycles. The molecule has 0 unspecified atom stereocenters. The molecule has 1 fully saturated rings. The number of carbonyl (C=O) groups is 1. The van der Waals surface area contributed by atoms with Crippen LogP contribution < -0.4 is 14.8 Å². The Bertz CT molecular complexity index is 771. The molecular weight excluding hydrogens is 321 g/mol. The number of nitrogens with one attached hydrogen (secondary N) is 1. The Labute approximate surface area is 147 Å². The summed E-state index contributed by atoms with van der Waals surface area (Å²) in [5.74, 6) is 0.904. The van der Waals surface area contributed by atoms with Gasteiger partial charge in [0.2, 0.25) is 5.91 Å². The fraction of sp³-hybridized carbons (Fsp3) is 0.350. The smallest absolute Gasteiger partial charge is 0.230 e. The maximum Gasteiger partial charge on any atom is 0.230 e. The van der Waals surface area contributed by atoms with Crippen molar-refractivity contribution < 1.29 is 18.7 Å². The number of halogens is 1. The highest BCUT2D eigenvalue weighted by Gasteiger charge is 2.45. The molecule has 1 saturated carbocycles. The molecule has 0 radical (unpaired) electrons. The number of methoxy groups -OCH3 is 2. The Kier molecular flexibility index (Phi) is 4.93. The summed E-state index contributed by atoms with van der Waals surface area (Å²) in [7, 11) is 3.16. The first-order valence-electron chi connectivity index (χ1n) is 8.34. The van der Waals surface area contributed by atoms with Crippen LogP contribution in [0.2, 0.25) is 0 Å². The summed E-state index contributed by atoms with van der Waals surface area (Å²) in [5, 5.41) is 2.99. The van der Waals surface area contributed by atoms with Crippen LogP contribution in [0.3, 0.4) is 0 Å². The van der Waals surface area contributed by atoms with Crippen molar-refractivity contribution in [1.29, 1.82) is 0 Å². The van der Waals surface area contributed by atoms with Crippen LogP contribution in [0.15, 0.2) is 42.5 Å². The molecule has 1 N–H and O–H groups in total. The number of benzene rings is 2. The van der Waals surface area contributed by atoms with Gasteiger partial charge in [0, 0.05) is 6.54 Å². The monoisotopic (exact) mass is 343 g/mol. The Morgan fingerprint density at radius 1 is 1.12 bits per heavy atom. The molecule has 0 aromatic heterocycles. The Morgan fingerprint density at radius 2 is 1.88 bits per heavy atom. The third kappa shape index (κ3) is 3.31. The van der Waals surface area contributed by atoms with E-state index in [9.17, 15) is 9.18 Å². The fourth-order valence-corrected chi connectivity index (χ4v) is 3.31. The highest BCUT2D eigenvalue weighted by molar-refractivity contribution is 5.89. The van der Waals surface area contributed by atoms with Gasteiger partial charge < -0.3 is 14.8 Å². The van der Waals surface area contributed by atoms with E-state index in [0.29, 0.717) is 18.0 Å². The average molecular weight is 343 g/mol. The quantitative estimate of drug-likeness (QED) is 0.872. The first-order chi connectivity index (χ1) is 12.1. The molecule has 0 saturated heterocycles. The van der Waals surface area contributed by atoms with Crippen molar-refractivity contribution in [2.75, 3.05) is 14.2 Å². The lowest BCUT2D eigenvalue weighted by Crippen LogP contribution is -2.49. The fourth-order valence-electron chi connectivity index (χ4n) is 3.31. The Hall–Kier alpha value is -2.56. The largest absolute Gasteiger partial charge is 0.493 e.